The highest BCUT2D eigenvalue weighted by Gasteiger charge is 2.46. The van der Waals surface area contributed by atoms with Crippen LogP contribution in [0.4, 0.5) is 0 Å². The van der Waals surface area contributed by atoms with Crippen molar-refractivity contribution in [2.45, 2.75) is 63.2 Å². The number of nitrogens with zero attached hydrogens (tertiary/aromatic N) is 1. The first-order valence-electron chi connectivity index (χ1n) is 9.60. The number of benzene rings is 1. The number of aliphatic hydroxyl groups is 1. The van der Waals surface area contributed by atoms with Gasteiger partial charge in [-0.15, -0.1) is 0 Å². The van der Waals surface area contributed by atoms with Crippen LogP contribution < -0.4 is 0 Å². The van der Waals surface area contributed by atoms with E-state index in [1.165, 1.54) is 11.1 Å². The highest BCUT2D eigenvalue weighted by Crippen LogP contribution is 2.40. The molecule has 1 atom stereocenters. The Balaban J connectivity index is 1.54. The molecule has 1 aromatic rings. The summed E-state index contributed by atoms with van der Waals surface area (Å²) in [6.07, 6.45) is 3.35. The molecule has 0 aliphatic carbocycles. The zero-order valence-corrected chi connectivity index (χ0v) is 16.0. The molecule has 2 saturated heterocycles. The standard InChI is InChI=1S/C21H33NO3/c1-17(2)19-6-4-18(5-7-19)14-22-11-8-21(9-12-22)15-20(23,16-24-3)10-13-25-21/h4-7,17,23H,8-16H2,1-3H3. The van der Waals surface area contributed by atoms with Gasteiger partial charge in [-0.1, -0.05) is 38.1 Å². The maximum absolute atomic E-state index is 10.7. The van der Waals surface area contributed by atoms with E-state index < -0.39 is 5.60 Å². The molecule has 3 rings (SSSR count). The summed E-state index contributed by atoms with van der Waals surface area (Å²) in [4.78, 5) is 2.50. The lowest BCUT2D eigenvalue weighted by atomic mass is 9.77. The Morgan fingerprint density at radius 3 is 2.44 bits per heavy atom. The van der Waals surface area contributed by atoms with Gasteiger partial charge in [-0.25, -0.2) is 0 Å². The molecule has 1 spiro atoms. The third kappa shape index (κ3) is 4.62. The predicted octanol–water partition coefficient (Wildman–Crippen LogP) is 3.33. The van der Waals surface area contributed by atoms with Crippen LogP contribution in [0.5, 0.6) is 0 Å². The van der Waals surface area contributed by atoms with E-state index in [0.29, 0.717) is 32.0 Å². The maximum atomic E-state index is 10.7. The van der Waals surface area contributed by atoms with Crippen LogP contribution in [0, 0.1) is 0 Å². The number of piperidine rings is 1. The SMILES string of the molecule is COCC1(O)CCOC2(CCN(Cc3ccc(C(C)C)cc3)CC2)C1. The summed E-state index contributed by atoms with van der Waals surface area (Å²) in [5, 5.41) is 10.7. The van der Waals surface area contributed by atoms with Gasteiger partial charge in [-0.2, -0.15) is 0 Å². The monoisotopic (exact) mass is 347 g/mol. The van der Waals surface area contributed by atoms with Crippen molar-refractivity contribution in [3.63, 3.8) is 0 Å². The summed E-state index contributed by atoms with van der Waals surface area (Å²) in [5.74, 6) is 0.582. The minimum Gasteiger partial charge on any atom is -0.387 e. The van der Waals surface area contributed by atoms with E-state index in [4.69, 9.17) is 9.47 Å². The molecule has 4 nitrogen and oxygen atoms in total. The summed E-state index contributed by atoms with van der Waals surface area (Å²) >= 11 is 0. The molecule has 25 heavy (non-hydrogen) atoms. The summed E-state index contributed by atoms with van der Waals surface area (Å²) in [6.45, 7) is 8.55. The average molecular weight is 347 g/mol. The van der Waals surface area contributed by atoms with Gasteiger partial charge < -0.3 is 14.6 Å². The van der Waals surface area contributed by atoms with Gasteiger partial charge in [-0.05, 0) is 29.9 Å². The van der Waals surface area contributed by atoms with Gasteiger partial charge in [0.2, 0.25) is 0 Å². The highest BCUT2D eigenvalue weighted by atomic mass is 16.5. The second kappa shape index (κ2) is 7.75. The molecule has 140 valence electrons. The molecule has 1 N–H and O–H groups in total. The van der Waals surface area contributed by atoms with Crippen molar-refractivity contribution in [2.75, 3.05) is 33.4 Å². The first-order chi connectivity index (χ1) is 11.9. The minimum atomic E-state index is -0.720. The zero-order valence-electron chi connectivity index (χ0n) is 16.0. The first kappa shape index (κ1) is 18.8. The van der Waals surface area contributed by atoms with E-state index in [1.807, 2.05) is 0 Å². The van der Waals surface area contributed by atoms with Gasteiger partial charge >= 0.3 is 0 Å². The molecule has 2 heterocycles. The van der Waals surface area contributed by atoms with Gasteiger partial charge in [0.1, 0.15) is 0 Å². The number of rotatable bonds is 5. The molecule has 0 saturated carbocycles. The second-order valence-electron chi connectivity index (χ2n) is 8.29. The Morgan fingerprint density at radius 2 is 1.84 bits per heavy atom. The lowest BCUT2D eigenvalue weighted by Crippen LogP contribution is -2.55. The molecule has 0 amide bonds. The fourth-order valence-corrected chi connectivity index (χ4v) is 4.29. The van der Waals surface area contributed by atoms with Crippen LogP contribution in [0.15, 0.2) is 24.3 Å². The van der Waals surface area contributed by atoms with Crippen LogP contribution in [0.2, 0.25) is 0 Å². The molecule has 2 fully saturated rings. The Kier molecular flexibility index (Phi) is 5.84. The number of hydrogen-bond acceptors (Lipinski definition) is 4. The molecule has 0 aromatic heterocycles. The topological polar surface area (TPSA) is 41.9 Å². The zero-order chi connectivity index (χ0) is 17.9. The molecule has 1 aromatic carbocycles. The van der Waals surface area contributed by atoms with Gasteiger partial charge in [0.25, 0.3) is 0 Å². The lowest BCUT2D eigenvalue weighted by molar-refractivity contribution is -0.191. The van der Waals surface area contributed by atoms with Crippen LogP contribution >= 0.6 is 0 Å². The molecular formula is C21H33NO3. The molecule has 2 aliphatic rings. The van der Waals surface area contributed by atoms with Gasteiger partial charge in [0, 0.05) is 39.6 Å². The van der Waals surface area contributed by atoms with Crippen LogP contribution in [0.1, 0.15) is 56.6 Å². The minimum absolute atomic E-state index is 0.163. The highest BCUT2D eigenvalue weighted by molar-refractivity contribution is 5.24. The van der Waals surface area contributed by atoms with E-state index in [-0.39, 0.29) is 5.60 Å². The van der Waals surface area contributed by atoms with Crippen LogP contribution in [-0.4, -0.2) is 54.6 Å². The van der Waals surface area contributed by atoms with Crippen molar-refractivity contribution in [3.8, 4) is 0 Å². The largest absolute Gasteiger partial charge is 0.387 e. The van der Waals surface area contributed by atoms with Gasteiger partial charge in [0.05, 0.1) is 24.4 Å². The first-order valence-corrected chi connectivity index (χ1v) is 9.60. The molecule has 4 heteroatoms. The Bertz CT molecular complexity index is 545. The van der Waals surface area contributed by atoms with Gasteiger partial charge in [0.15, 0.2) is 0 Å². The van der Waals surface area contributed by atoms with Crippen LogP contribution in [0.25, 0.3) is 0 Å². The van der Waals surface area contributed by atoms with E-state index in [0.717, 1.165) is 32.5 Å². The average Bonchev–Trinajstić information content (AvgIpc) is 2.58. The maximum Gasteiger partial charge on any atom is 0.0929 e. The Labute approximate surface area is 152 Å². The molecule has 0 radical (unpaired) electrons. The predicted molar refractivity (Wildman–Crippen MR) is 99.8 cm³/mol. The molecule has 1 unspecified atom stereocenters. The fourth-order valence-electron chi connectivity index (χ4n) is 4.29. The normalized spacial score (nSPS) is 27.1. The van der Waals surface area contributed by atoms with Crippen LogP contribution in [-0.2, 0) is 16.0 Å². The lowest BCUT2D eigenvalue weighted by Gasteiger charge is -2.49. The second-order valence-corrected chi connectivity index (χ2v) is 8.29. The van der Waals surface area contributed by atoms with Crippen molar-refractivity contribution in [2.24, 2.45) is 0 Å². The van der Waals surface area contributed by atoms with Crippen LogP contribution in [0.3, 0.4) is 0 Å². The van der Waals surface area contributed by atoms with E-state index in [1.54, 1.807) is 7.11 Å². The quantitative estimate of drug-likeness (QED) is 0.887. The Morgan fingerprint density at radius 1 is 1.16 bits per heavy atom. The smallest absolute Gasteiger partial charge is 0.0929 e. The van der Waals surface area contributed by atoms with Crippen molar-refractivity contribution in [1.29, 1.82) is 0 Å². The summed E-state index contributed by atoms with van der Waals surface area (Å²) in [6, 6.07) is 9.02. The summed E-state index contributed by atoms with van der Waals surface area (Å²) in [7, 11) is 1.66. The Hall–Kier alpha value is -0.940. The molecule has 2 aliphatic heterocycles. The van der Waals surface area contributed by atoms with Gasteiger partial charge in [-0.3, -0.25) is 4.90 Å². The van der Waals surface area contributed by atoms with Crippen molar-refractivity contribution in [3.05, 3.63) is 35.4 Å². The number of likely N-dealkylation sites (tertiary alicyclic amines) is 1. The van der Waals surface area contributed by atoms with Crippen molar-refractivity contribution in [1.82, 2.24) is 4.90 Å². The fraction of sp³-hybridized carbons (Fsp3) is 0.714. The van der Waals surface area contributed by atoms with Crippen molar-refractivity contribution >= 4 is 0 Å². The third-order valence-corrected chi connectivity index (χ3v) is 5.86. The number of ether oxygens (including phenoxy) is 2. The van der Waals surface area contributed by atoms with Crippen molar-refractivity contribution < 1.29 is 14.6 Å². The third-order valence-electron chi connectivity index (χ3n) is 5.86. The van der Waals surface area contributed by atoms with E-state index in [2.05, 4.69) is 43.0 Å². The van der Waals surface area contributed by atoms with E-state index >= 15 is 0 Å². The molecular weight excluding hydrogens is 314 g/mol. The van der Waals surface area contributed by atoms with E-state index in [9.17, 15) is 5.11 Å². The molecule has 0 bridgehead atoms. The number of methoxy groups -OCH3 is 1. The summed E-state index contributed by atoms with van der Waals surface area (Å²) < 4.78 is 11.4. The number of hydrogen-bond donors (Lipinski definition) is 1. The summed E-state index contributed by atoms with van der Waals surface area (Å²) in [5.41, 5.74) is 1.89.